The molecule has 0 radical (unpaired) electrons. The molecule has 2 heterocycles. The molecule has 3 rings (SSSR count). The number of hydrogen-bond donors (Lipinski definition) is 1. The molecule has 3 aromatic rings. The largest absolute Gasteiger partial charge is 0.478 e. The van der Waals surface area contributed by atoms with Crippen LogP contribution >= 0.6 is 46.3 Å². The van der Waals surface area contributed by atoms with Crippen LogP contribution in [-0.4, -0.2) is 31.2 Å². The maximum absolute atomic E-state index is 11.2. The van der Waals surface area contributed by atoms with Crippen LogP contribution in [0.3, 0.4) is 0 Å². The van der Waals surface area contributed by atoms with Crippen molar-refractivity contribution in [1.29, 1.82) is 0 Å². The number of carbonyl (C=O) groups is 1. The number of nitrogens with zero attached hydrogens (tertiary/aromatic N) is 4. The highest BCUT2D eigenvalue weighted by atomic mass is 35.5. The van der Waals surface area contributed by atoms with Crippen LogP contribution in [0.4, 0.5) is 0 Å². The number of rotatable bonds is 5. The van der Waals surface area contributed by atoms with Crippen molar-refractivity contribution in [2.45, 2.75) is 10.1 Å². The van der Waals surface area contributed by atoms with Gasteiger partial charge in [-0.15, -0.1) is 10.2 Å². The van der Waals surface area contributed by atoms with Crippen LogP contribution < -0.4 is 0 Å². The Morgan fingerprint density at radius 2 is 2.08 bits per heavy atom. The molecule has 1 aromatic carbocycles. The van der Waals surface area contributed by atoms with Crippen LogP contribution in [-0.2, 0) is 5.75 Å². The van der Waals surface area contributed by atoms with Crippen LogP contribution in [0.1, 0.15) is 15.9 Å². The van der Waals surface area contributed by atoms with E-state index in [9.17, 15) is 4.79 Å². The van der Waals surface area contributed by atoms with E-state index in [2.05, 4.69) is 20.2 Å². The standard InChI is InChI=1S/C14H8Cl2N4O2S2/c15-9-2-1-7(13(21)22)11(16)8(9)6-23-14-20-19-12(24-14)10-5-17-3-4-18-10/h1-5H,6H2,(H,21,22). The zero-order valence-electron chi connectivity index (χ0n) is 11.8. The van der Waals surface area contributed by atoms with Gasteiger partial charge in [-0.1, -0.05) is 46.3 Å². The third kappa shape index (κ3) is 3.67. The SMILES string of the molecule is O=C(O)c1ccc(Cl)c(CSc2nnc(-c3cnccn3)s2)c1Cl. The fourth-order valence-electron chi connectivity index (χ4n) is 1.81. The first-order chi connectivity index (χ1) is 11.6. The molecule has 10 heteroatoms. The summed E-state index contributed by atoms with van der Waals surface area (Å²) in [5.41, 5.74) is 1.22. The fourth-order valence-corrected chi connectivity index (χ4v) is 4.41. The summed E-state index contributed by atoms with van der Waals surface area (Å²) >= 11 is 15.0. The van der Waals surface area contributed by atoms with E-state index in [-0.39, 0.29) is 10.6 Å². The van der Waals surface area contributed by atoms with Gasteiger partial charge in [0.1, 0.15) is 5.69 Å². The van der Waals surface area contributed by atoms with E-state index in [0.29, 0.717) is 31.4 Å². The van der Waals surface area contributed by atoms with Crippen molar-refractivity contribution in [3.63, 3.8) is 0 Å². The third-order valence-electron chi connectivity index (χ3n) is 2.95. The molecule has 1 N–H and O–H groups in total. The van der Waals surface area contributed by atoms with E-state index in [1.807, 2.05) is 0 Å². The fraction of sp³-hybridized carbons (Fsp3) is 0.0714. The molecule has 0 saturated carbocycles. The van der Waals surface area contributed by atoms with E-state index in [1.54, 1.807) is 18.6 Å². The van der Waals surface area contributed by atoms with E-state index >= 15 is 0 Å². The maximum Gasteiger partial charge on any atom is 0.337 e. The maximum atomic E-state index is 11.2. The zero-order chi connectivity index (χ0) is 17.1. The molecule has 122 valence electrons. The summed E-state index contributed by atoms with van der Waals surface area (Å²) in [5, 5.41) is 18.5. The van der Waals surface area contributed by atoms with Gasteiger partial charge in [0.15, 0.2) is 9.35 Å². The van der Waals surface area contributed by atoms with Gasteiger partial charge in [0.2, 0.25) is 0 Å². The van der Waals surface area contributed by atoms with Gasteiger partial charge in [-0.3, -0.25) is 9.97 Å². The lowest BCUT2D eigenvalue weighted by molar-refractivity contribution is 0.0697. The van der Waals surface area contributed by atoms with Crippen LogP contribution in [0.15, 0.2) is 35.1 Å². The average Bonchev–Trinajstić information content (AvgIpc) is 3.04. The van der Waals surface area contributed by atoms with Crippen molar-refractivity contribution in [1.82, 2.24) is 20.2 Å². The Kier molecular flexibility index (Phi) is 5.30. The lowest BCUT2D eigenvalue weighted by Crippen LogP contribution is -2.00. The summed E-state index contributed by atoms with van der Waals surface area (Å²) in [5.74, 6) is -0.711. The number of thioether (sulfide) groups is 1. The predicted molar refractivity (Wildman–Crippen MR) is 93.9 cm³/mol. The predicted octanol–water partition coefficient (Wildman–Crippen LogP) is 4.29. The van der Waals surface area contributed by atoms with E-state index in [4.69, 9.17) is 28.3 Å². The van der Waals surface area contributed by atoms with Crippen molar-refractivity contribution < 1.29 is 9.90 Å². The summed E-state index contributed by atoms with van der Waals surface area (Å²) in [6.45, 7) is 0. The normalized spacial score (nSPS) is 10.8. The number of aromatic carboxylic acids is 1. The minimum absolute atomic E-state index is 0.0224. The molecule has 6 nitrogen and oxygen atoms in total. The van der Waals surface area contributed by atoms with Crippen molar-refractivity contribution in [2.24, 2.45) is 0 Å². The molecule has 24 heavy (non-hydrogen) atoms. The lowest BCUT2D eigenvalue weighted by Gasteiger charge is -2.08. The van der Waals surface area contributed by atoms with Gasteiger partial charge in [0.25, 0.3) is 0 Å². The summed E-state index contributed by atoms with van der Waals surface area (Å²) in [6, 6.07) is 2.91. The molecule has 0 bridgehead atoms. The Bertz CT molecular complexity index is 890. The Morgan fingerprint density at radius 1 is 1.25 bits per heavy atom. The van der Waals surface area contributed by atoms with Crippen molar-refractivity contribution in [3.05, 3.63) is 51.9 Å². The first-order valence-electron chi connectivity index (χ1n) is 6.49. The number of carboxylic acids is 1. The number of hydrogen-bond acceptors (Lipinski definition) is 7. The summed E-state index contributed by atoms with van der Waals surface area (Å²) in [6.07, 6.45) is 4.78. The second kappa shape index (κ2) is 7.43. The van der Waals surface area contributed by atoms with E-state index < -0.39 is 5.97 Å². The van der Waals surface area contributed by atoms with Gasteiger partial charge >= 0.3 is 5.97 Å². The average molecular weight is 399 g/mol. The van der Waals surface area contributed by atoms with Crippen LogP contribution in [0.2, 0.25) is 10.0 Å². The molecule has 0 unspecified atom stereocenters. The highest BCUT2D eigenvalue weighted by Gasteiger charge is 2.17. The van der Waals surface area contributed by atoms with Gasteiger partial charge in [0, 0.05) is 28.7 Å². The van der Waals surface area contributed by atoms with E-state index in [1.165, 1.54) is 35.2 Å². The number of benzene rings is 1. The summed E-state index contributed by atoms with van der Waals surface area (Å²) in [4.78, 5) is 19.3. The smallest absolute Gasteiger partial charge is 0.337 e. The molecular formula is C14H8Cl2N4O2S2. The Morgan fingerprint density at radius 3 is 2.79 bits per heavy atom. The van der Waals surface area contributed by atoms with Crippen LogP contribution in [0.5, 0.6) is 0 Å². The van der Waals surface area contributed by atoms with Gasteiger partial charge in [-0.25, -0.2) is 4.79 Å². The quantitative estimate of drug-likeness (QED) is 0.640. The molecule has 0 spiro atoms. The number of carboxylic acid groups (broad SMARTS) is 1. The lowest BCUT2D eigenvalue weighted by atomic mass is 10.1. The Hall–Kier alpha value is -1.74. The first kappa shape index (κ1) is 17.1. The minimum atomic E-state index is -1.09. The molecule has 0 saturated heterocycles. The van der Waals surface area contributed by atoms with E-state index in [0.717, 1.165) is 0 Å². The summed E-state index contributed by atoms with van der Waals surface area (Å²) < 4.78 is 0.698. The monoisotopic (exact) mass is 398 g/mol. The second-order valence-electron chi connectivity index (χ2n) is 4.45. The van der Waals surface area contributed by atoms with Crippen LogP contribution in [0.25, 0.3) is 10.7 Å². The molecule has 2 aromatic heterocycles. The molecular weight excluding hydrogens is 391 g/mol. The topological polar surface area (TPSA) is 88.9 Å². The zero-order valence-corrected chi connectivity index (χ0v) is 15.0. The number of aromatic nitrogens is 4. The minimum Gasteiger partial charge on any atom is -0.478 e. The van der Waals surface area contributed by atoms with Gasteiger partial charge in [0.05, 0.1) is 16.8 Å². The Labute approximate surface area is 154 Å². The second-order valence-corrected chi connectivity index (χ2v) is 7.43. The Balaban J connectivity index is 1.79. The van der Waals surface area contributed by atoms with Gasteiger partial charge in [-0.05, 0) is 12.1 Å². The highest BCUT2D eigenvalue weighted by molar-refractivity contribution is 8.00. The number of halogens is 2. The molecule has 0 fully saturated rings. The van der Waals surface area contributed by atoms with Crippen molar-refractivity contribution in [3.8, 4) is 10.7 Å². The first-order valence-corrected chi connectivity index (χ1v) is 9.05. The molecule has 0 amide bonds. The third-order valence-corrected chi connectivity index (χ3v) is 5.84. The van der Waals surface area contributed by atoms with Gasteiger partial charge in [-0.2, -0.15) is 0 Å². The molecule has 0 aliphatic rings. The summed E-state index contributed by atoms with van der Waals surface area (Å²) in [7, 11) is 0. The molecule has 0 aliphatic carbocycles. The van der Waals surface area contributed by atoms with Crippen molar-refractivity contribution in [2.75, 3.05) is 0 Å². The van der Waals surface area contributed by atoms with Gasteiger partial charge < -0.3 is 5.11 Å². The molecule has 0 aliphatic heterocycles. The molecule has 0 atom stereocenters. The highest BCUT2D eigenvalue weighted by Crippen LogP contribution is 2.35. The van der Waals surface area contributed by atoms with Crippen molar-refractivity contribution >= 4 is 52.3 Å². The van der Waals surface area contributed by atoms with Crippen LogP contribution in [0, 0.1) is 0 Å².